The molecule has 0 aliphatic carbocycles. The third kappa shape index (κ3) is 5.78. The molecule has 1 saturated heterocycles. The van der Waals surface area contributed by atoms with E-state index in [1.165, 1.54) is 59.5 Å². The molecule has 2 N–H and O–H groups in total. The summed E-state index contributed by atoms with van der Waals surface area (Å²) in [5.41, 5.74) is 0.805. The maximum atomic E-state index is 13.5. The molecule has 3 aromatic rings. The molecule has 1 fully saturated rings. The highest BCUT2D eigenvalue weighted by Gasteiger charge is 2.34. The fraction of sp³-hybridized carbons (Fsp3) is 0.240. The Morgan fingerprint density at radius 3 is 2.37 bits per heavy atom. The number of phenols is 2. The lowest BCUT2D eigenvalue weighted by atomic mass is 9.81. The van der Waals surface area contributed by atoms with Gasteiger partial charge in [-0.15, -0.1) is 0 Å². The molecule has 10 heteroatoms. The lowest BCUT2D eigenvalue weighted by Crippen LogP contribution is -2.46. The second-order valence-electron chi connectivity index (χ2n) is 8.23. The summed E-state index contributed by atoms with van der Waals surface area (Å²) in [5, 5.41) is 30.0. The number of hydrogen-bond donors (Lipinski definition) is 2. The number of phenolic OH excluding ortho intramolecular Hbond substituents is 2. The Bertz CT molecular complexity index is 1200. The molecule has 0 saturated carbocycles. The second kappa shape index (κ2) is 10.3. The highest BCUT2D eigenvalue weighted by molar-refractivity contribution is 5.71. The average molecular weight is 482 g/mol. The van der Waals surface area contributed by atoms with E-state index in [2.05, 4.69) is 0 Å². The van der Waals surface area contributed by atoms with E-state index >= 15 is 0 Å². The minimum absolute atomic E-state index is 0.0234. The van der Waals surface area contributed by atoms with Gasteiger partial charge in [-0.25, -0.2) is 9.18 Å². The first-order chi connectivity index (χ1) is 16.8. The number of hydrogen-bond acceptors (Lipinski definition) is 7. The van der Waals surface area contributed by atoms with Crippen LogP contribution in [0.4, 0.5) is 14.9 Å². The molecular weight excluding hydrogens is 459 g/mol. The van der Waals surface area contributed by atoms with Crippen LogP contribution in [-0.2, 0) is 0 Å². The molecule has 182 valence electrons. The summed E-state index contributed by atoms with van der Waals surface area (Å²) in [7, 11) is 0. The van der Waals surface area contributed by atoms with Crippen molar-refractivity contribution in [1.29, 1.82) is 0 Å². The molecule has 3 aromatic carbocycles. The number of carbonyl (C=O) groups is 1. The van der Waals surface area contributed by atoms with Crippen molar-refractivity contribution in [3.05, 3.63) is 88.2 Å². The molecule has 1 heterocycles. The fourth-order valence-corrected chi connectivity index (χ4v) is 4.11. The van der Waals surface area contributed by atoms with E-state index in [0.29, 0.717) is 18.7 Å². The first-order valence-electron chi connectivity index (χ1n) is 10.9. The third-order valence-corrected chi connectivity index (χ3v) is 5.95. The summed E-state index contributed by atoms with van der Waals surface area (Å²) in [5.74, 6) is -0.587. The zero-order valence-electron chi connectivity index (χ0n) is 18.5. The molecule has 0 bridgehead atoms. The Labute approximate surface area is 200 Å². The molecule has 0 unspecified atom stereocenters. The van der Waals surface area contributed by atoms with Crippen molar-refractivity contribution in [3.63, 3.8) is 0 Å². The number of likely N-dealkylation sites (tertiary alicyclic amines) is 1. The number of benzene rings is 3. The predicted molar refractivity (Wildman–Crippen MR) is 123 cm³/mol. The van der Waals surface area contributed by atoms with Crippen molar-refractivity contribution in [2.75, 3.05) is 19.7 Å². The van der Waals surface area contributed by atoms with Gasteiger partial charge in [0.15, 0.2) is 11.5 Å². The van der Waals surface area contributed by atoms with Crippen LogP contribution in [0.5, 0.6) is 23.0 Å². The maximum Gasteiger partial charge on any atom is 0.415 e. The first kappa shape index (κ1) is 23.8. The minimum atomic E-state index is -0.594. The van der Waals surface area contributed by atoms with Gasteiger partial charge in [-0.3, -0.25) is 10.1 Å². The number of nitrogens with zero attached hydrogens (tertiary/aromatic N) is 2. The van der Waals surface area contributed by atoms with Crippen LogP contribution >= 0.6 is 0 Å². The quantitative estimate of drug-likeness (QED) is 0.293. The summed E-state index contributed by atoms with van der Waals surface area (Å²) in [6, 6.07) is 15.6. The van der Waals surface area contributed by atoms with E-state index in [0.717, 1.165) is 5.56 Å². The molecule has 35 heavy (non-hydrogen) atoms. The predicted octanol–water partition coefficient (Wildman–Crippen LogP) is 4.83. The average Bonchev–Trinajstić information content (AvgIpc) is 2.85. The van der Waals surface area contributed by atoms with Gasteiger partial charge in [-0.2, -0.15) is 0 Å². The van der Waals surface area contributed by atoms with Crippen molar-refractivity contribution < 1.29 is 33.8 Å². The molecule has 1 aliphatic rings. The van der Waals surface area contributed by atoms with Crippen LogP contribution in [0.3, 0.4) is 0 Å². The lowest BCUT2D eigenvalue weighted by molar-refractivity contribution is -0.384. The lowest BCUT2D eigenvalue weighted by Gasteiger charge is -2.38. The zero-order valence-corrected chi connectivity index (χ0v) is 18.5. The Morgan fingerprint density at radius 1 is 1.03 bits per heavy atom. The maximum absolute atomic E-state index is 13.5. The van der Waals surface area contributed by atoms with Gasteiger partial charge in [0.2, 0.25) is 0 Å². The van der Waals surface area contributed by atoms with Crippen LogP contribution in [0.25, 0.3) is 0 Å². The second-order valence-corrected chi connectivity index (χ2v) is 8.23. The molecule has 1 amide bonds. The van der Waals surface area contributed by atoms with Gasteiger partial charge in [0, 0.05) is 37.2 Å². The van der Waals surface area contributed by atoms with Crippen LogP contribution in [0.15, 0.2) is 66.7 Å². The van der Waals surface area contributed by atoms with Crippen molar-refractivity contribution in [2.24, 2.45) is 5.92 Å². The molecule has 0 aromatic heterocycles. The number of nitro groups is 1. The number of nitro benzene ring substituents is 1. The Morgan fingerprint density at radius 2 is 1.71 bits per heavy atom. The van der Waals surface area contributed by atoms with Gasteiger partial charge < -0.3 is 24.6 Å². The van der Waals surface area contributed by atoms with Crippen LogP contribution in [0, 0.1) is 21.8 Å². The Balaban J connectivity index is 1.47. The van der Waals surface area contributed by atoms with E-state index in [4.69, 9.17) is 9.47 Å². The standard InChI is InChI=1S/C25H23FN2O7/c26-18-3-1-16(2-4-18)22-11-12-27(25(31)35-20-7-5-19(6-8-20)28(32)33)14-17(22)15-34-21-9-10-23(29)24(30)13-21/h1-10,13,17,22,29-30H,11-12,14-15H2/t17-,22-/m0/s1. The number of rotatable bonds is 6. The van der Waals surface area contributed by atoms with Crippen LogP contribution in [-0.4, -0.2) is 45.8 Å². The number of aromatic hydroxyl groups is 2. The SMILES string of the molecule is O=C(Oc1ccc([N+](=O)[O-])cc1)N1CC[C@@H](c2ccc(F)cc2)[C@H](COc2ccc(O)c(O)c2)C1. The van der Waals surface area contributed by atoms with Gasteiger partial charge in [-0.05, 0) is 54.3 Å². The van der Waals surface area contributed by atoms with Crippen LogP contribution in [0.1, 0.15) is 17.9 Å². The van der Waals surface area contributed by atoms with Crippen molar-refractivity contribution >= 4 is 11.8 Å². The summed E-state index contributed by atoms with van der Waals surface area (Å²) in [4.78, 5) is 24.6. The Kier molecular flexibility index (Phi) is 7.00. The van der Waals surface area contributed by atoms with Crippen molar-refractivity contribution in [1.82, 2.24) is 4.90 Å². The van der Waals surface area contributed by atoms with E-state index in [9.17, 15) is 29.5 Å². The topological polar surface area (TPSA) is 122 Å². The molecule has 0 spiro atoms. The summed E-state index contributed by atoms with van der Waals surface area (Å²) < 4.78 is 24.7. The number of ether oxygens (including phenoxy) is 2. The smallest absolute Gasteiger partial charge is 0.415 e. The molecule has 9 nitrogen and oxygen atoms in total. The van der Waals surface area contributed by atoms with E-state index in [1.807, 2.05) is 0 Å². The van der Waals surface area contributed by atoms with Crippen molar-refractivity contribution in [2.45, 2.75) is 12.3 Å². The van der Waals surface area contributed by atoms with Gasteiger partial charge >= 0.3 is 6.09 Å². The highest BCUT2D eigenvalue weighted by Crippen LogP contribution is 2.35. The number of piperidine rings is 1. The summed E-state index contributed by atoms with van der Waals surface area (Å²) >= 11 is 0. The number of halogens is 1. The van der Waals surface area contributed by atoms with Crippen molar-refractivity contribution in [3.8, 4) is 23.0 Å². The normalized spacial score (nSPS) is 17.6. The fourth-order valence-electron chi connectivity index (χ4n) is 4.11. The van der Waals surface area contributed by atoms with E-state index < -0.39 is 11.0 Å². The third-order valence-electron chi connectivity index (χ3n) is 5.95. The number of amides is 1. The number of non-ortho nitro benzene ring substituents is 1. The zero-order chi connectivity index (χ0) is 24.9. The molecule has 2 atom stereocenters. The number of carbonyl (C=O) groups excluding carboxylic acids is 1. The monoisotopic (exact) mass is 482 g/mol. The highest BCUT2D eigenvalue weighted by atomic mass is 19.1. The summed E-state index contributed by atoms with van der Waals surface area (Å²) in [6.45, 7) is 0.871. The molecule has 0 radical (unpaired) electrons. The van der Waals surface area contributed by atoms with Gasteiger partial charge in [0.25, 0.3) is 5.69 Å². The summed E-state index contributed by atoms with van der Waals surface area (Å²) in [6.07, 6.45) is -0.0146. The van der Waals surface area contributed by atoms with E-state index in [-0.39, 0.29) is 53.7 Å². The van der Waals surface area contributed by atoms with Gasteiger partial charge in [0.05, 0.1) is 11.5 Å². The first-order valence-corrected chi connectivity index (χ1v) is 10.9. The van der Waals surface area contributed by atoms with Gasteiger partial charge in [0.1, 0.15) is 17.3 Å². The van der Waals surface area contributed by atoms with Crippen LogP contribution < -0.4 is 9.47 Å². The largest absolute Gasteiger partial charge is 0.504 e. The minimum Gasteiger partial charge on any atom is -0.504 e. The van der Waals surface area contributed by atoms with Crippen LogP contribution in [0.2, 0.25) is 0 Å². The molecular formula is C25H23FN2O7. The van der Waals surface area contributed by atoms with E-state index in [1.54, 1.807) is 12.1 Å². The molecule has 1 aliphatic heterocycles. The molecule has 4 rings (SSSR count). The Hall–Kier alpha value is -4.34. The van der Waals surface area contributed by atoms with Gasteiger partial charge in [-0.1, -0.05) is 12.1 Å².